The van der Waals surface area contributed by atoms with Gasteiger partial charge in [0.25, 0.3) is 0 Å². The molecule has 0 spiro atoms. The van der Waals surface area contributed by atoms with Gasteiger partial charge in [-0.2, -0.15) is 5.10 Å². The fourth-order valence-corrected chi connectivity index (χ4v) is 1.65. The summed E-state index contributed by atoms with van der Waals surface area (Å²) in [5.41, 5.74) is 1.23. The van der Waals surface area contributed by atoms with Gasteiger partial charge in [-0.3, -0.25) is 4.68 Å². The van der Waals surface area contributed by atoms with Crippen molar-refractivity contribution in [3.8, 4) is 0 Å². The second kappa shape index (κ2) is 5.12. The van der Waals surface area contributed by atoms with Gasteiger partial charge in [0, 0.05) is 30.5 Å². The lowest BCUT2D eigenvalue weighted by molar-refractivity contribution is 0.767. The third-order valence-electron chi connectivity index (χ3n) is 2.21. The van der Waals surface area contributed by atoms with E-state index >= 15 is 0 Å². The van der Waals surface area contributed by atoms with E-state index in [4.69, 9.17) is 0 Å². The molecule has 84 valence electrons. The predicted octanol–water partition coefficient (Wildman–Crippen LogP) is 2.23. The van der Waals surface area contributed by atoms with Crippen molar-refractivity contribution in [2.45, 2.75) is 6.42 Å². The maximum atomic E-state index is 4.24. The quantitative estimate of drug-likeness (QED) is 0.934. The number of nitrogens with zero attached hydrogens (tertiary/aromatic N) is 3. The van der Waals surface area contributed by atoms with E-state index < -0.39 is 0 Å². The molecule has 0 atom stereocenters. The van der Waals surface area contributed by atoms with E-state index in [0.717, 1.165) is 23.3 Å². The van der Waals surface area contributed by atoms with Crippen LogP contribution in [-0.2, 0) is 13.5 Å². The van der Waals surface area contributed by atoms with Crippen molar-refractivity contribution in [2.24, 2.45) is 7.05 Å². The van der Waals surface area contributed by atoms with Crippen LogP contribution in [0.25, 0.3) is 0 Å². The van der Waals surface area contributed by atoms with Gasteiger partial charge >= 0.3 is 0 Å². The number of nitrogens with one attached hydrogen (secondary N) is 1. The Balaban J connectivity index is 1.82. The van der Waals surface area contributed by atoms with E-state index in [9.17, 15) is 0 Å². The van der Waals surface area contributed by atoms with Crippen LogP contribution in [0.3, 0.4) is 0 Å². The molecule has 2 aromatic rings. The third kappa shape index (κ3) is 3.06. The van der Waals surface area contributed by atoms with Crippen molar-refractivity contribution in [3.63, 3.8) is 0 Å². The van der Waals surface area contributed by atoms with E-state index in [0.29, 0.717) is 0 Å². The molecule has 0 unspecified atom stereocenters. The van der Waals surface area contributed by atoms with Crippen LogP contribution in [0.5, 0.6) is 0 Å². The van der Waals surface area contributed by atoms with Crippen molar-refractivity contribution >= 4 is 21.7 Å². The highest BCUT2D eigenvalue weighted by Crippen LogP contribution is 2.10. The van der Waals surface area contributed by atoms with Crippen LogP contribution in [0.15, 0.2) is 35.2 Å². The largest absolute Gasteiger partial charge is 0.370 e. The first-order valence-corrected chi connectivity index (χ1v) is 5.86. The lowest BCUT2D eigenvalue weighted by Crippen LogP contribution is -2.05. The Hall–Kier alpha value is -1.36. The van der Waals surface area contributed by atoms with Gasteiger partial charge < -0.3 is 5.32 Å². The van der Waals surface area contributed by atoms with Crippen LogP contribution in [0.1, 0.15) is 5.56 Å². The molecule has 2 aromatic heterocycles. The first-order valence-electron chi connectivity index (χ1n) is 5.07. The number of hydrogen-bond acceptors (Lipinski definition) is 3. The summed E-state index contributed by atoms with van der Waals surface area (Å²) in [5, 5.41) is 7.38. The summed E-state index contributed by atoms with van der Waals surface area (Å²) in [4.78, 5) is 4.24. The molecule has 0 aliphatic heterocycles. The number of hydrogen-bond donors (Lipinski definition) is 1. The highest BCUT2D eigenvalue weighted by atomic mass is 79.9. The van der Waals surface area contributed by atoms with Crippen molar-refractivity contribution in [1.29, 1.82) is 0 Å². The Kier molecular flexibility index (Phi) is 3.56. The van der Waals surface area contributed by atoms with Gasteiger partial charge in [-0.25, -0.2) is 4.98 Å². The molecule has 0 aliphatic carbocycles. The van der Waals surface area contributed by atoms with E-state index in [1.54, 1.807) is 6.20 Å². The molecule has 0 amide bonds. The summed E-state index contributed by atoms with van der Waals surface area (Å²) in [6, 6.07) is 3.92. The lowest BCUT2D eigenvalue weighted by Gasteiger charge is -2.03. The average molecular weight is 281 g/mol. The zero-order chi connectivity index (χ0) is 11.4. The SMILES string of the molecule is Cn1cc(CCNc2ccc(Br)cn2)cn1. The molecule has 0 bridgehead atoms. The standard InChI is InChI=1S/C11H13BrN4/c1-16-8-9(6-15-16)4-5-13-11-3-2-10(12)7-14-11/h2-3,6-8H,4-5H2,1H3,(H,13,14). The minimum absolute atomic E-state index is 0.861. The molecule has 16 heavy (non-hydrogen) atoms. The number of aromatic nitrogens is 3. The van der Waals surface area contributed by atoms with E-state index in [-0.39, 0.29) is 0 Å². The second-order valence-electron chi connectivity index (χ2n) is 3.56. The summed E-state index contributed by atoms with van der Waals surface area (Å²) in [6.07, 6.45) is 6.64. The minimum Gasteiger partial charge on any atom is -0.370 e. The monoisotopic (exact) mass is 280 g/mol. The van der Waals surface area contributed by atoms with Crippen molar-refractivity contribution in [1.82, 2.24) is 14.8 Å². The maximum absolute atomic E-state index is 4.24. The summed E-state index contributed by atoms with van der Waals surface area (Å²) < 4.78 is 2.80. The Morgan fingerprint density at radius 3 is 2.88 bits per heavy atom. The summed E-state index contributed by atoms with van der Waals surface area (Å²) in [5.74, 6) is 0.895. The Morgan fingerprint density at radius 1 is 1.38 bits per heavy atom. The molecule has 1 N–H and O–H groups in total. The van der Waals surface area contributed by atoms with Gasteiger partial charge in [-0.15, -0.1) is 0 Å². The smallest absolute Gasteiger partial charge is 0.125 e. The fraction of sp³-hybridized carbons (Fsp3) is 0.273. The molecule has 0 saturated carbocycles. The van der Waals surface area contributed by atoms with Crippen LogP contribution >= 0.6 is 15.9 Å². The number of halogens is 1. The van der Waals surface area contributed by atoms with Crippen LogP contribution in [0.4, 0.5) is 5.82 Å². The molecule has 0 aliphatic rings. The molecule has 4 nitrogen and oxygen atoms in total. The van der Waals surface area contributed by atoms with Gasteiger partial charge in [-0.05, 0) is 40.0 Å². The highest BCUT2D eigenvalue weighted by Gasteiger charge is 1.97. The predicted molar refractivity (Wildman–Crippen MR) is 67.3 cm³/mol. The zero-order valence-corrected chi connectivity index (χ0v) is 10.6. The van der Waals surface area contributed by atoms with Crippen molar-refractivity contribution in [3.05, 3.63) is 40.8 Å². The van der Waals surface area contributed by atoms with Crippen LogP contribution in [-0.4, -0.2) is 21.3 Å². The summed E-state index contributed by atoms with van der Waals surface area (Å²) in [7, 11) is 1.92. The summed E-state index contributed by atoms with van der Waals surface area (Å²) in [6.45, 7) is 0.861. The normalized spacial score (nSPS) is 10.4. The fourth-order valence-electron chi connectivity index (χ4n) is 1.42. The number of aryl methyl sites for hydroxylation is 1. The van der Waals surface area contributed by atoms with Gasteiger partial charge in [-0.1, -0.05) is 0 Å². The molecular weight excluding hydrogens is 268 g/mol. The lowest BCUT2D eigenvalue weighted by atomic mass is 10.2. The molecule has 2 heterocycles. The molecule has 0 aromatic carbocycles. The van der Waals surface area contributed by atoms with E-state index in [1.165, 1.54) is 5.56 Å². The second-order valence-corrected chi connectivity index (χ2v) is 4.48. The molecule has 0 saturated heterocycles. The van der Waals surface area contributed by atoms with Gasteiger partial charge in [0.2, 0.25) is 0 Å². The Bertz CT molecular complexity index is 449. The highest BCUT2D eigenvalue weighted by molar-refractivity contribution is 9.10. The first-order chi connectivity index (χ1) is 7.74. The van der Waals surface area contributed by atoms with E-state index in [1.807, 2.05) is 36.3 Å². The molecule has 5 heteroatoms. The van der Waals surface area contributed by atoms with Gasteiger partial charge in [0.05, 0.1) is 6.20 Å². The Morgan fingerprint density at radius 2 is 2.25 bits per heavy atom. The van der Waals surface area contributed by atoms with Gasteiger partial charge in [0.15, 0.2) is 0 Å². The third-order valence-corrected chi connectivity index (χ3v) is 2.67. The maximum Gasteiger partial charge on any atom is 0.125 e. The summed E-state index contributed by atoms with van der Waals surface area (Å²) >= 11 is 3.35. The molecule has 0 fully saturated rings. The van der Waals surface area contributed by atoms with Crippen LogP contribution < -0.4 is 5.32 Å². The molecule has 2 rings (SSSR count). The Labute approximate surface area is 103 Å². The van der Waals surface area contributed by atoms with Gasteiger partial charge in [0.1, 0.15) is 5.82 Å². The minimum atomic E-state index is 0.861. The zero-order valence-electron chi connectivity index (χ0n) is 9.02. The number of anilines is 1. The van der Waals surface area contributed by atoms with Crippen molar-refractivity contribution in [2.75, 3.05) is 11.9 Å². The van der Waals surface area contributed by atoms with E-state index in [2.05, 4.69) is 31.3 Å². The number of rotatable bonds is 4. The van der Waals surface area contributed by atoms with Crippen LogP contribution in [0.2, 0.25) is 0 Å². The van der Waals surface area contributed by atoms with Crippen LogP contribution in [0, 0.1) is 0 Å². The molecule has 0 radical (unpaired) electrons. The van der Waals surface area contributed by atoms with Crippen molar-refractivity contribution < 1.29 is 0 Å². The topological polar surface area (TPSA) is 42.7 Å². The first kappa shape index (κ1) is 11.1. The average Bonchev–Trinajstić information content (AvgIpc) is 2.67. The number of pyridine rings is 1. The molecular formula is C11H13BrN4.